The standard InChI is InChI=1S/C15H25BrN2/c1-11(17)8-12-9-13(16)6-7-14(12)18(5)10-15(2,3)4/h6-7,9,11H,8,10,17H2,1-5H3. The van der Waals surface area contributed by atoms with Crippen molar-refractivity contribution < 1.29 is 0 Å². The van der Waals surface area contributed by atoms with Gasteiger partial charge in [-0.2, -0.15) is 0 Å². The molecule has 0 aromatic heterocycles. The first-order valence-electron chi connectivity index (χ1n) is 6.44. The number of nitrogens with zero attached hydrogens (tertiary/aromatic N) is 1. The molecule has 0 bridgehead atoms. The monoisotopic (exact) mass is 312 g/mol. The maximum atomic E-state index is 5.94. The second kappa shape index (κ2) is 6.07. The second-order valence-corrected chi connectivity index (χ2v) is 7.29. The topological polar surface area (TPSA) is 29.3 Å². The van der Waals surface area contributed by atoms with Gasteiger partial charge in [0.15, 0.2) is 0 Å². The van der Waals surface area contributed by atoms with Gasteiger partial charge < -0.3 is 10.6 Å². The fourth-order valence-corrected chi connectivity index (χ4v) is 2.64. The maximum Gasteiger partial charge on any atom is 0.0397 e. The Labute approximate surface area is 120 Å². The quantitative estimate of drug-likeness (QED) is 0.915. The number of halogens is 1. The van der Waals surface area contributed by atoms with Crippen molar-refractivity contribution in [2.45, 2.75) is 40.2 Å². The van der Waals surface area contributed by atoms with Gasteiger partial charge in [-0.25, -0.2) is 0 Å². The number of anilines is 1. The zero-order valence-corrected chi connectivity index (χ0v) is 13.7. The van der Waals surface area contributed by atoms with Gasteiger partial charge in [0.1, 0.15) is 0 Å². The third kappa shape index (κ3) is 4.99. The van der Waals surface area contributed by atoms with E-state index in [1.807, 2.05) is 0 Å². The molecule has 1 aromatic rings. The van der Waals surface area contributed by atoms with E-state index in [0.29, 0.717) is 0 Å². The lowest BCUT2D eigenvalue weighted by Crippen LogP contribution is -2.30. The molecule has 1 rings (SSSR count). The lowest BCUT2D eigenvalue weighted by Gasteiger charge is -2.30. The molecule has 0 aliphatic heterocycles. The van der Waals surface area contributed by atoms with Gasteiger partial charge in [-0.3, -0.25) is 0 Å². The lowest BCUT2D eigenvalue weighted by molar-refractivity contribution is 0.418. The Kier molecular flexibility index (Phi) is 5.23. The SMILES string of the molecule is CC(N)Cc1cc(Br)ccc1N(C)CC(C)(C)C. The van der Waals surface area contributed by atoms with Crippen LogP contribution in [0.5, 0.6) is 0 Å². The highest BCUT2D eigenvalue weighted by Gasteiger charge is 2.16. The smallest absolute Gasteiger partial charge is 0.0397 e. The van der Waals surface area contributed by atoms with Crippen LogP contribution in [-0.2, 0) is 6.42 Å². The summed E-state index contributed by atoms with van der Waals surface area (Å²) in [6.07, 6.45) is 0.906. The molecule has 0 spiro atoms. The Hall–Kier alpha value is -0.540. The number of hydrogen-bond donors (Lipinski definition) is 1. The Morgan fingerprint density at radius 3 is 2.44 bits per heavy atom. The van der Waals surface area contributed by atoms with Crippen LogP contribution in [0.2, 0.25) is 0 Å². The van der Waals surface area contributed by atoms with Crippen LogP contribution < -0.4 is 10.6 Å². The first-order chi connectivity index (χ1) is 8.19. The highest BCUT2D eigenvalue weighted by Crippen LogP contribution is 2.27. The van der Waals surface area contributed by atoms with Crippen LogP contribution in [0.25, 0.3) is 0 Å². The summed E-state index contributed by atoms with van der Waals surface area (Å²) >= 11 is 3.54. The fraction of sp³-hybridized carbons (Fsp3) is 0.600. The minimum atomic E-state index is 0.182. The first kappa shape index (κ1) is 15.5. The van der Waals surface area contributed by atoms with Crippen molar-refractivity contribution in [1.82, 2.24) is 0 Å². The van der Waals surface area contributed by atoms with Crippen molar-refractivity contribution in [3.63, 3.8) is 0 Å². The number of rotatable bonds is 4. The summed E-state index contributed by atoms with van der Waals surface area (Å²) < 4.78 is 1.12. The van der Waals surface area contributed by atoms with Crippen LogP contribution in [0.4, 0.5) is 5.69 Å². The van der Waals surface area contributed by atoms with E-state index in [1.54, 1.807) is 0 Å². The van der Waals surface area contributed by atoms with Crippen molar-refractivity contribution in [2.24, 2.45) is 11.1 Å². The molecule has 2 nitrogen and oxygen atoms in total. The van der Waals surface area contributed by atoms with Crippen molar-refractivity contribution >= 4 is 21.6 Å². The van der Waals surface area contributed by atoms with Gasteiger partial charge in [0.25, 0.3) is 0 Å². The average molecular weight is 313 g/mol. The molecule has 0 fully saturated rings. The Morgan fingerprint density at radius 1 is 1.33 bits per heavy atom. The van der Waals surface area contributed by atoms with Crippen LogP contribution in [0.3, 0.4) is 0 Å². The minimum Gasteiger partial charge on any atom is -0.374 e. The van der Waals surface area contributed by atoms with Crippen LogP contribution in [0, 0.1) is 5.41 Å². The van der Waals surface area contributed by atoms with Crippen LogP contribution in [0.15, 0.2) is 22.7 Å². The van der Waals surface area contributed by atoms with E-state index in [2.05, 4.69) is 73.8 Å². The summed E-state index contributed by atoms with van der Waals surface area (Å²) in [7, 11) is 2.15. The van der Waals surface area contributed by atoms with Gasteiger partial charge in [-0.05, 0) is 42.5 Å². The highest BCUT2D eigenvalue weighted by atomic mass is 79.9. The molecule has 0 saturated carbocycles. The van der Waals surface area contributed by atoms with E-state index in [9.17, 15) is 0 Å². The third-order valence-electron chi connectivity index (χ3n) is 2.71. The van der Waals surface area contributed by atoms with Gasteiger partial charge in [-0.1, -0.05) is 36.7 Å². The molecule has 0 heterocycles. The van der Waals surface area contributed by atoms with Crippen molar-refractivity contribution in [3.05, 3.63) is 28.2 Å². The second-order valence-electron chi connectivity index (χ2n) is 6.37. The zero-order valence-electron chi connectivity index (χ0n) is 12.1. The molecule has 0 aliphatic carbocycles. The summed E-state index contributed by atoms with van der Waals surface area (Å²) in [6, 6.07) is 6.63. The van der Waals surface area contributed by atoms with E-state index < -0.39 is 0 Å². The molecule has 1 unspecified atom stereocenters. The van der Waals surface area contributed by atoms with Gasteiger partial charge in [0.05, 0.1) is 0 Å². The Bertz CT molecular complexity index is 394. The molecule has 18 heavy (non-hydrogen) atoms. The molecule has 2 N–H and O–H groups in total. The minimum absolute atomic E-state index is 0.182. The third-order valence-corrected chi connectivity index (χ3v) is 3.20. The first-order valence-corrected chi connectivity index (χ1v) is 7.23. The maximum absolute atomic E-state index is 5.94. The highest BCUT2D eigenvalue weighted by molar-refractivity contribution is 9.10. The molecule has 0 amide bonds. The van der Waals surface area contributed by atoms with E-state index >= 15 is 0 Å². The molecule has 0 aliphatic rings. The van der Waals surface area contributed by atoms with E-state index in [0.717, 1.165) is 17.4 Å². The zero-order chi connectivity index (χ0) is 13.9. The van der Waals surface area contributed by atoms with Gasteiger partial charge in [-0.15, -0.1) is 0 Å². The Morgan fingerprint density at radius 2 is 1.94 bits per heavy atom. The molecule has 3 heteroatoms. The Balaban J connectivity index is 2.99. The summed E-state index contributed by atoms with van der Waals surface area (Å²) in [4.78, 5) is 2.32. The molecule has 1 atom stereocenters. The predicted octanol–water partition coefficient (Wildman–Crippen LogP) is 3.82. The summed E-state index contributed by atoms with van der Waals surface area (Å²) in [5.41, 5.74) is 8.82. The van der Waals surface area contributed by atoms with Crippen LogP contribution in [-0.4, -0.2) is 19.6 Å². The van der Waals surface area contributed by atoms with Crippen molar-refractivity contribution in [2.75, 3.05) is 18.5 Å². The molecule has 1 aromatic carbocycles. The predicted molar refractivity (Wildman–Crippen MR) is 84.2 cm³/mol. The average Bonchev–Trinajstić information content (AvgIpc) is 2.13. The van der Waals surface area contributed by atoms with Crippen LogP contribution in [0.1, 0.15) is 33.3 Å². The largest absolute Gasteiger partial charge is 0.374 e. The lowest BCUT2D eigenvalue weighted by atomic mass is 9.95. The van der Waals surface area contributed by atoms with Gasteiger partial charge >= 0.3 is 0 Å². The molecular formula is C15H25BrN2. The number of hydrogen-bond acceptors (Lipinski definition) is 2. The molecule has 0 radical (unpaired) electrons. The van der Waals surface area contributed by atoms with E-state index in [1.165, 1.54) is 11.3 Å². The summed E-state index contributed by atoms with van der Waals surface area (Å²) in [6.45, 7) is 9.85. The summed E-state index contributed by atoms with van der Waals surface area (Å²) in [5.74, 6) is 0. The number of benzene rings is 1. The van der Waals surface area contributed by atoms with Crippen molar-refractivity contribution in [3.8, 4) is 0 Å². The molecular weight excluding hydrogens is 288 g/mol. The summed E-state index contributed by atoms with van der Waals surface area (Å²) in [5, 5.41) is 0. The number of nitrogens with two attached hydrogens (primary N) is 1. The van der Waals surface area contributed by atoms with Crippen LogP contribution >= 0.6 is 15.9 Å². The molecule has 0 saturated heterocycles. The van der Waals surface area contributed by atoms with E-state index in [4.69, 9.17) is 5.73 Å². The van der Waals surface area contributed by atoms with Crippen molar-refractivity contribution in [1.29, 1.82) is 0 Å². The fourth-order valence-electron chi connectivity index (χ4n) is 2.23. The van der Waals surface area contributed by atoms with Gasteiger partial charge in [0.2, 0.25) is 0 Å². The normalized spacial score (nSPS) is 13.5. The van der Waals surface area contributed by atoms with E-state index in [-0.39, 0.29) is 11.5 Å². The molecule has 102 valence electrons. The van der Waals surface area contributed by atoms with Gasteiger partial charge in [0, 0.05) is 29.8 Å².